The summed E-state index contributed by atoms with van der Waals surface area (Å²) in [4.78, 5) is 0. The molecule has 0 spiro atoms. The van der Waals surface area contributed by atoms with Gasteiger partial charge in [-0.25, -0.2) is 0 Å². The van der Waals surface area contributed by atoms with E-state index in [-0.39, 0.29) is 22.3 Å². The summed E-state index contributed by atoms with van der Waals surface area (Å²) in [7, 11) is 0. The summed E-state index contributed by atoms with van der Waals surface area (Å²) in [5.41, 5.74) is 16.7. The first kappa shape index (κ1) is 32.6. The predicted molar refractivity (Wildman–Crippen MR) is 207 cm³/mol. The second kappa shape index (κ2) is 10.3. The highest BCUT2D eigenvalue weighted by Crippen LogP contribution is 2.72. The summed E-state index contributed by atoms with van der Waals surface area (Å²) in [6.45, 7) is 10.1. The molecule has 0 radical (unpaired) electrons. The molecule has 8 aliphatic carbocycles. The van der Waals surface area contributed by atoms with Gasteiger partial charge >= 0.3 is 0 Å². The van der Waals surface area contributed by atoms with E-state index in [4.69, 9.17) is 20.9 Å². The highest BCUT2D eigenvalue weighted by Gasteiger charge is 2.62. The van der Waals surface area contributed by atoms with E-state index in [2.05, 4.69) is 52.0 Å². The molecule has 0 aliphatic heterocycles. The fourth-order valence-electron chi connectivity index (χ4n) is 15.2. The minimum absolute atomic E-state index is 0.0275. The lowest BCUT2D eigenvalue weighted by atomic mass is 9.39. The molecule has 8 aliphatic rings. The molecule has 8 saturated carbocycles. The van der Waals surface area contributed by atoms with E-state index in [1.165, 1.54) is 93.6 Å². The zero-order valence-electron chi connectivity index (χ0n) is 31.3. The van der Waals surface area contributed by atoms with Crippen molar-refractivity contribution in [2.45, 2.75) is 116 Å². The number of phenols is 2. The monoisotopic (exact) mass is 698 g/mol. The average Bonchev–Trinajstić information content (AvgIpc) is 3.00. The van der Waals surface area contributed by atoms with Crippen LogP contribution in [0.4, 0.5) is 11.4 Å². The van der Waals surface area contributed by atoms with E-state index in [0.717, 1.165) is 28.7 Å². The number of phenolic OH excluding ortho intramolecular Hbond substituents is 2. The number of hydrogen-bond donors (Lipinski definition) is 4. The summed E-state index contributed by atoms with van der Waals surface area (Å²) < 4.78 is 13.7. The van der Waals surface area contributed by atoms with Gasteiger partial charge in [-0.3, -0.25) is 0 Å². The van der Waals surface area contributed by atoms with E-state index in [1.807, 2.05) is 12.1 Å². The molecule has 4 aromatic carbocycles. The SMILES string of the molecule is CC12CC3CC(C)(C1)CC(c1cc4cc(C56CC7CC(C)(CC(C)(C7)C5)C6)c(Oc5ccc(N)c(O)c5)cc4cc1Oc1ccc(N)c(O)c1)(C3)C2. The van der Waals surface area contributed by atoms with Crippen molar-refractivity contribution in [1.82, 2.24) is 0 Å². The van der Waals surface area contributed by atoms with Crippen LogP contribution >= 0.6 is 0 Å². The van der Waals surface area contributed by atoms with Crippen LogP contribution in [-0.4, -0.2) is 10.2 Å². The molecule has 8 bridgehead atoms. The normalized spacial score (nSPS) is 38.2. The zero-order valence-corrected chi connectivity index (χ0v) is 31.3. The van der Waals surface area contributed by atoms with Crippen molar-refractivity contribution < 1.29 is 19.7 Å². The van der Waals surface area contributed by atoms with Crippen LogP contribution in [0.25, 0.3) is 10.8 Å². The van der Waals surface area contributed by atoms with E-state index in [9.17, 15) is 10.2 Å². The van der Waals surface area contributed by atoms with Gasteiger partial charge in [0.1, 0.15) is 34.5 Å². The van der Waals surface area contributed by atoms with Crippen LogP contribution in [0.15, 0.2) is 60.7 Å². The third kappa shape index (κ3) is 5.02. The van der Waals surface area contributed by atoms with E-state index in [0.29, 0.717) is 44.5 Å². The molecule has 4 atom stereocenters. The zero-order chi connectivity index (χ0) is 36.1. The van der Waals surface area contributed by atoms with E-state index < -0.39 is 0 Å². The number of nitrogen functional groups attached to an aromatic ring is 2. The Bertz CT molecular complexity index is 1990. The third-order valence-electron chi connectivity index (χ3n) is 14.9. The van der Waals surface area contributed by atoms with Gasteiger partial charge in [0.25, 0.3) is 0 Å². The van der Waals surface area contributed by atoms with Crippen molar-refractivity contribution in [2.75, 3.05) is 11.5 Å². The third-order valence-corrected chi connectivity index (χ3v) is 14.9. The van der Waals surface area contributed by atoms with Gasteiger partial charge < -0.3 is 31.2 Å². The summed E-state index contributed by atoms with van der Waals surface area (Å²) in [6.07, 6.45) is 15.0. The van der Waals surface area contributed by atoms with Crippen LogP contribution in [0.2, 0.25) is 0 Å². The molecule has 4 unspecified atom stereocenters. The Hall–Kier alpha value is -4.06. The number of aromatic hydroxyl groups is 2. The Morgan fingerprint density at radius 1 is 0.500 bits per heavy atom. The summed E-state index contributed by atoms with van der Waals surface area (Å²) in [5, 5.41) is 23.4. The molecule has 12 rings (SSSR count). The number of ether oxygens (including phenoxy) is 2. The lowest BCUT2D eigenvalue weighted by Gasteiger charge is -2.66. The highest BCUT2D eigenvalue weighted by molar-refractivity contribution is 5.88. The van der Waals surface area contributed by atoms with Crippen LogP contribution in [0, 0.1) is 33.5 Å². The second-order valence-electron chi connectivity index (χ2n) is 20.5. The Morgan fingerprint density at radius 3 is 1.21 bits per heavy atom. The van der Waals surface area contributed by atoms with Crippen molar-refractivity contribution in [3.63, 3.8) is 0 Å². The first-order valence-corrected chi connectivity index (χ1v) is 19.7. The van der Waals surface area contributed by atoms with Gasteiger partial charge in [-0.2, -0.15) is 0 Å². The predicted octanol–water partition coefficient (Wildman–Crippen LogP) is 11.5. The Morgan fingerprint density at radius 2 is 0.865 bits per heavy atom. The lowest BCUT2D eigenvalue weighted by Crippen LogP contribution is -2.57. The van der Waals surface area contributed by atoms with Gasteiger partial charge in [-0.15, -0.1) is 0 Å². The average molecular weight is 699 g/mol. The van der Waals surface area contributed by atoms with Crippen molar-refractivity contribution in [3.05, 3.63) is 71.8 Å². The lowest BCUT2D eigenvalue weighted by molar-refractivity contribution is -0.110. The molecule has 8 fully saturated rings. The summed E-state index contributed by atoms with van der Waals surface area (Å²) in [6, 6.07) is 19.8. The fraction of sp³-hybridized carbons (Fsp3) is 0.522. The van der Waals surface area contributed by atoms with Gasteiger partial charge in [0, 0.05) is 34.1 Å². The number of fused-ring (bicyclic) bond motifs is 1. The van der Waals surface area contributed by atoms with Crippen molar-refractivity contribution >= 4 is 22.1 Å². The maximum Gasteiger partial charge on any atom is 0.142 e. The van der Waals surface area contributed by atoms with Gasteiger partial charge in [0.15, 0.2) is 0 Å². The second-order valence-corrected chi connectivity index (χ2v) is 20.5. The molecule has 52 heavy (non-hydrogen) atoms. The van der Waals surface area contributed by atoms with E-state index in [1.54, 1.807) is 24.3 Å². The molecule has 0 aromatic heterocycles. The molecule has 6 heteroatoms. The van der Waals surface area contributed by atoms with Crippen LogP contribution in [0.1, 0.15) is 116 Å². The topological polar surface area (TPSA) is 111 Å². The van der Waals surface area contributed by atoms with E-state index >= 15 is 0 Å². The van der Waals surface area contributed by atoms with Gasteiger partial charge in [0.05, 0.1) is 11.4 Å². The maximum atomic E-state index is 10.6. The number of rotatable bonds is 6. The molecule has 6 N–H and O–H groups in total. The van der Waals surface area contributed by atoms with Gasteiger partial charge in [0.2, 0.25) is 0 Å². The number of nitrogens with two attached hydrogens (primary N) is 2. The summed E-state index contributed by atoms with van der Waals surface area (Å²) >= 11 is 0. The molecule has 6 nitrogen and oxygen atoms in total. The molecule has 272 valence electrons. The molecule has 0 amide bonds. The smallest absolute Gasteiger partial charge is 0.142 e. The Balaban J connectivity index is 1.18. The fourth-order valence-corrected chi connectivity index (χ4v) is 15.2. The number of benzene rings is 4. The minimum atomic E-state index is 0.0275. The molecule has 0 saturated heterocycles. The minimum Gasteiger partial charge on any atom is -0.506 e. The standard InChI is InChI=1S/C46H54N2O4/c1-41-15-27-16-42(2,21-41)24-45(19-27,23-41)33-9-29-10-34(46-20-28-17-43(3,25-46)22-44(4,18-28)26-46)40(52-32-6-8-36(48)38(50)14-32)12-30(29)11-39(33)51-31-5-7-35(47)37(49)13-31/h5-14,27-28,49-50H,15-26,47-48H2,1-4H3. The van der Waals surface area contributed by atoms with Crippen LogP contribution in [-0.2, 0) is 10.8 Å². The number of hydrogen-bond acceptors (Lipinski definition) is 6. The van der Waals surface area contributed by atoms with Crippen molar-refractivity contribution in [1.29, 1.82) is 0 Å². The highest BCUT2D eigenvalue weighted by atomic mass is 16.5. The van der Waals surface area contributed by atoms with Crippen LogP contribution in [0.5, 0.6) is 34.5 Å². The first-order chi connectivity index (χ1) is 24.5. The Labute approximate surface area is 307 Å². The van der Waals surface area contributed by atoms with Crippen LogP contribution < -0.4 is 20.9 Å². The first-order valence-electron chi connectivity index (χ1n) is 19.7. The van der Waals surface area contributed by atoms with Crippen LogP contribution in [0.3, 0.4) is 0 Å². The Kier molecular flexibility index (Phi) is 6.47. The largest absolute Gasteiger partial charge is 0.506 e. The molecular formula is C46H54N2O4. The van der Waals surface area contributed by atoms with Gasteiger partial charge in [-0.05, 0) is 170 Å². The van der Waals surface area contributed by atoms with Crippen molar-refractivity contribution in [3.8, 4) is 34.5 Å². The molecule has 0 heterocycles. The quantitative estimate of drug-likeness (QED) is 0.118. The molecule has 4 aromatic rings. The summed E-state index contributed by atoms with van der Waals surface area (Å²) in [5.74, 6) is 4.37. The molecular weight excluding hydrogens is 645 g/mol. The van der Waals surface area contributed by atoms with Crippen molar-refractivity contribution in [2.24, 2.45) is 33.5 Å². The number of anilines is 2. The van der Waals surface area contributed by atoms with Gasteiger partial charge in [-0.1, -0.05) is 27.7 Å². The maximum absolute atomic E-state index is 10.6.